The molecule has 0 bridgehead atoms. The van der Waals surface area contributed by atoms with E-state index < -0.39 is 0 Å². The first-order chi connectivity index (χ1) is 8.25. The fourth-order valence-electron chi connectivity index (χ4n) is 2.35. The number of aryl methyl sites for hydroxylation is 1. The van der Waals surface area contributed by atoms with E-state index in [9.17, 15) is 4.79 Å². The molecule has 3 rings (SSSR count). The average molecular weight is 223 g/mol. The quantitative estimate of drug-likeness (QED) is 0.790. The summed E-state index contributed by atoms with van der Waals surface area (Å²) in [6.07, 6.45) is 0.487. The topological polar surface area (TPSA) is 29.1 Å². The molecule has 2 aromatic carbocycles. The first-order valence-corrected chi connectivity index (χ1v) is 5.73. The highest BCUT2D eigenvalue weighted by Gasteiger charge is 2.22. The second kappa shape index (κ2) is 3.74. The van der Waals surface area contributed by atoms with E-state index in [-0.39, 0.29) is 5.91 Å². The van der Waals surface area contributed by atoms with E-state index >= 15 is 0 Å². The van der Waals surface area contributed by atoms with Crippen LogP contribution < -0.4 is 5.32 Å². The Morgan fingerprint density at radius 2 is 1.82 bits per heavy atom. The maximum atomic E-state index is 11.5. The highest BCUT2D eigenvalue weighted by Crippen LogP contribution is 2.35. The fraction of sp³-hybridized carbons (Fsp3) is 0.133. The summed E-state index contributed by atoms with van der Waals surface area (Å²) in [6, 6.07) is 14.4. The second-order valence-corrected chi connectivity index (χ2v) is 4.37. The minimum Gasteiger partial charge on any atom is -0.325 e. The van der Waals surface area contributed by atoms with Crippen molar-refractivity contribution in [1.29, 1.82) is 0 Å². The number of nitrogens with one attached hydrogen (secondary N) is 1. The zero-order valence-corrected chi connectivity index (χ0v) is 9.66. The van der Waals surface area contributed by atoms with Crippen LogP contribution in [0.3, 0.4) is 0 Å². The molecule has 0 spiro atoms. The minimum atomic E-state index is 0.0893. The SMILES string of the molecule is Cc1ccc(-c2ccccc2)c2c1NC(=O)C2. The van der Waals surface area contributed by atoms with E-state index in [1.807, 2.05) is 25.1 Å². The van der Waals surface area contributed by atoms with Gasteiger partial charge >= 0.3 is 0 Å². The third-order valence-electron chi connectivity index (χ3n) is 3.21. The van der Waals surface area contributed by atoms with Crippen molar-refractivity contribution in [1.82, 2.24) is 0 Å². The molecule has 84 valence electrons. The Kier molecular flexibility index (Phi) is 2.22. The predicted octanol–water partition coefficient (Wildman–Crippen LogP) is 3.16. The van der Waals surface area contributed by atoms with E-state index in [2.05, 4.69) is 29.6 Å². The Balaban J connectivity index is 2.21. The van der Waals surface area contributed by atoms with Crippen LogP contribution in [0.25, 0.3) is 11.1 Å². The predicted molar refractivity (Wildman–Crippen MR) is 68.9 cm³/mol. The number of amides is 1. The van der Waals surface area contributed by atoms with Gasteiger partial charge < -0.3 is 5.32 Å². The Bertz CT molecular complexity index is 587. The van der Waals surface area contributed by atoms with Crippen molar-refractivity contribution in [2.45, 2.75) is 13.3 Å². The lowest BCUT2D eigenvalue weighted by atomic mass is 9.96. The van der Waals surface area contributed by atoms with Crippen molar-refractivity contribution in [2.75, 3.05) is 5.32 Å². The summed E-state index contributed by atoms with van der Waals surface area (Å²) in [5.74, 6) is 0.0893. The molecule has 0 unspecified atom stereocenters. The summed E-state index contributed by atoms with van der Waals surface area (Å²) >= 11 is 0. The molecule has 0 radical (unpaired) electrons. The van der Waals surface area contributed by atoms with Gasteiger partial charge in [-0.2, -0.15) is 0 Å². The minimum absolute atomic E-state index is 0.0893. The molecule has 0 aromatic heterocycles. The number of hydrogen-bond acceptors (Lipinski definition) is 1. The van der Waals surface area contributed by atoms with E-state index in [0.717, 1.165) is 22.4 Å². The lowest BCUT2D eigenvalue weighted by Crippen LogP contribution is -2.04. The smallest absolute Gasteiger partial charge is 0.228 e. The first-order valence-electron chi connectivity index (χ1n) is 5.73. The van der Waals surface area contributed by atoms with Gasteiger partial charge in [-0.15, -0.1) is 0 Å². The van der Waals surface area contributed by atoms with Gasteiger partial charge in [0, 0.05) is 5.69 Å². The van der Waals surface area contributed by atoms with Crippen molar-refractivity contribution in [2.24, 2.45) is 0 Å². The van der Waals surface area contributed by atoms with Gasteiger partial charge in [0.05, 0.1) is 6.42 Å². The molecule has 0 saturated heterocycles. The van der Waals surface area contributed by atoms with Gasteiger partial charge in [-0.05, 0) is 29.2 Å². The van der Waals surface area contributed by atoms with Crippen LogP contribution in [0.5, 0.6) is 0 Å². The van der Waals surface area contributed by atoms with Crippen LogP contribution in [0.15, 0.2) is 42.5 Å². The molecule has 0 fully saturated rings. The molecule has 0 saturated carbocycles. The zero-order valence-electron chi connectivity index (χ0n) is 9.66. The van der Waals surface area contributed by atoms with E-state index in [0.29, 0.717) is 6.42 Å². The number of benzene rings is 2. The average Bonchev–Trinajstić information content (AvgIpc) is 2.73. The van der Waals surface area contributed by atoms with E-state index in [1.54, 1.807) is 0 Å². The molecule has 2 aromatic rings. The Morgan fingerprint density at radius 1 is 1.06 bits per heavy atom. The summed E-state index contributed by atoms with van der Waals surface area (Å²) in [6.45, 7) is 2.03. The fourth-order valence-corrected chi connectivity index (χ4v) is 2.35. The number of rotatable bonds is 1. The second-order valence-electron chi connectivity index (χ2n) is 4.37. The highest BCUT2D eigenvalue weighted by atomic mass is 16.1. The summed E-state index contributed by atoms with van der Waals surface area (Å²) in [7, 11) is 0. The van der Waals surface area contributed by atoms with Crippen LogP contribution in [0, 0.1) is 6.92 Å². The number of fused-ring (bicyclic) bond motifs is 1. The molecule has 2 nitrogen and oxygen atoms in total. The summed E-state index contributed by atoms with van der Waals surface area (Å²) < 4.78 is 0. The van der Waals surface area contributed by atoms with Crippen LogP contribution >= 0.6 is 0 Å². The lowest BCUT2D eigenvalue weighted by molar-refractivity contribution is -0.115. The van der Waals surface area contributed by atoms with Crippen LogP contribution in [-0.4, -0.2) is 5.91 Å². The van der Waals surface area contributed by atoms with Gasteiger partial charge in [-0.1, -0.05) is 42.5 Å². The molecule has 17 heavy (non-hydrogen) atoms. The van der Waals surface area contributed by atoms with Crippen LogP contribution in [0.1, 0.15) is 11.1 Å². The number of hydrogen-bond donors (Lipinski definition) is 1. The third-order valence-corrected chi connectivity index (χ3v) is 3.21. The van der Waals surface area contributed by atoms with Gasteiger partial charge in [0.2, 0.25) is 5.91 Å². The van der Waals surface area contributed by atoms with Crippen LogP contribution in [0.2, 0.25) is 0 Å². The molecule has 1 aliphatic heterocycles. The van der Waals surface area contributed by atoms with Crippen LogP contribution in [0.4, 0.5) is 5.69 Å². The molecular weight excluding hydrogens is 210 g/mol. The van der Waals surface area contributed by atoms with Gasteiger partial charge in [0.1, 0.15) is 0 Å². The van der Waals surface area contributed by atoms with E-state index in [4.69, 9.17) is 0 Å². The lowest BCUT2D eigenvalue weighted by Gasteiger charge is -2.09. The van der Waals surface area contributed by atoms with Gasteiger partial charge in [-0.25, -0.2) is 0 Å². The monoisotopic (exact) mass is 223 g/mol. The first kappa shape index (κ1) is 10.1. The third kappa shape index (κ3) is 1.62. The Hall–Kier alpha value is -2.09. The maximum absolute atomic E-state index is 11.5. The molecule has 0 atom stereocenters. The largest absolute Gasteiger partial charge is 0.325 e. The molecule has 1 aliphatic rings. The van der Waals surface area contributed by atoms with Gasteiger partial charge in [0.15, 0.2) is 0 Å². The van der Waals surface area contributed by atoms with Crippen molar-refractivity contribution in [3.8, 4) is 11.1 Å². The molecular formula is C15H13NO. The molecule has 0 aliphatic carbocycles. The summed E-state index contributed by atoms with van der Waals surface area (Å²) in [4.78, 5) is 11.5. The molecule has 1 heterocycles. The van der Waals surface area contributed by atoms with Gasteiger partial charge in [-0.3, -0.25) is 4.79 Å². The van der Waals surface area contributed by atoms with Crippen molar-refractivity contribution in [3.63, 3.8) is 0 Å². The normalized spacial score (nSPS) is 13.4. The van der Waals surface area contributed by atoms with Crippen molar-refractivity contribution in [3.05, 3.63) is 53.6 Å². The number of carbonyl (C=O) groups is 1. The highest BCUT2D eigenvalue weighted by molar-refractivity contribution is 6.02. The van der Waals surface area contributed by atoms with E-state index in [1.165, 1.54) is 5.56 Å². The number of carbonyl (C=O) groups excluding carboxylic acids is 1. The van der Waals surface area contributed by atoms with Crippen LogP contribution in [-0.2, 0) is 11.2 Å². The standard InChI is InChI=1S/C15H13NO/c1-10-7-8-12(11-5-3-2-4-6-11)13-9-14(17)16-15(10)13/h2-8H,9H2,1H3,(H,16,17). The molecule has 1 amide bonds. The zero-order chi connectivity index (χ0) is 11.8. The molecule has 2 heteroatoms. The Labute approximate surface area is 100 Å². The molecule has 1 N–H and O–H groups in total. The summed E-state index contributed by atoms with van der Waals surface area (Å²) in [5.41, 5.74) is 5.58. The maximum Gasteiger partial charge on any atom is 0.228 e. The van der Waals surface area contributed by atoms with Crippen molar-refractivity contribution >= 4 is 11.6 Å². The van der Waals surface area contributed by atoms with Crippen molar-refractivity contribution < 1.29 is 4.79 Å². The number of anilines is 1. The Morgan fingerprint density at radius 3 is 2.59 bits per heavy atom. The summed E-state index contributed by atoms with van der Waals surface area (Å²) in [5, 5.41) is 2.94. The van der Waals surface area contributed by atoms with Gasteiger partial charge in [0.25, 0.3) is 0 Å².